The zero-order valence-corrected chi connectivity index (χ0v) is 7.96. The number of aliphatic hydroxyl groups excluding tert-OH is 1. The third kappa shape index (κ3) is 2.19. The van der Waals surface area contributed by atoms with E-state index in [-0.39, 0.29) is 0 Å². The first-order chi connectivity index (χ1) is 6.33. The summed E-state index contributed by atoms with van der Waals surface area (Å²) in [4.78, 5) is 0. The van der Waals surface area contributed by atoms with Gasteiger partial charge in [-0.15, -0.1) is 0 Å². The molecule has 0 spiro atoms. The molecule has 0 fully saturated rings. The van der Waals surface area contributed by atoms with Crippen LogP contribution in [0.2, 0.25) is 0 Å². The Labute approximate surface area is 79.7 Å². The van der Waals surface area contributed by atoms with Gasteiger partial charge in [-0.25, -0.2) is 0 Å². The number of aliphatic hydroxyl groups is 1. The first kappa shape index (κ1) is 10.0. The fourth-order valence-corrected chi connectivity index (χ4v) is 1.48. The van der Waals surface area contributed by atoms with E-state index < -0.39 is 0 Å². The molecule has 0 aliphatic carbocycles. The van der Waals surface area contributed by atoms with Crippen molar-refractivity contribution in [2.75, 3.05) is 0 Å². The summed E-state index contributed by atoms with van der Waals surface area (Å²) < 4.78 is 0. The van der Waals surface area contributed by atoms with Crippen LogP contribution >= 0.6 is 0 Å². The Hall–Kier alpha value is -1.08. The van der Waals surface area contributed by atoms with E-state index in [2.05, 4.69) is 19.6 Å². The van der Waals surface area contributed by atoms with Crippen LogP contribution in [-0.4, -0.2) is 5.11 Å². The molecule has 1 aromatic rings. The average Bonchev–Trinajstić information content (AvgIpc) is 2.18. The Morgan fingerprint density at radius 1 is 1.46 bits per heavy atom. The molecule has 0 atom stereocenters. The zero-order chi connectivity index (χ0) is 9.68. The van der Waals surface area contributed by atoms with Gasteiger partial charge in [0.15, 0.2) is 0 Å². The molecule has 1 heteroatoms. The monoisotopic (exact) mass is 175 g/mol. The normalized spacial score (nSPS) is 10.0. The maximum absolute atomic E-state index is 8.97. The molecule has 13 heavy (non-hydrogen) atoms. The van der Waals surface area contributed by atoms with E-state index in [9.17, 15) is 0 Å². The number of benzene rings is 1. The first-order valence-electron chi connectivity index (χ1n) is 4.55. The van der Waals surface area contributed by atoms with Gasteiger partial charge in [-0.2, -0.15) is 0 Å². The highest BCUT2D eigenvalue weighted by molar-refractivity contribution is 5.58. The van der Waals surface area contributed by atoms with Crippen LogP contribution in [0.3, 0.4) is 0 Å². The maximum atomic E-state index is 8.97. The molecular formula is C12H15O. The van der Waals surface area contributed by atoms with Gasteiger partial charge in [0.2, 0.25) is 0 Å². The molecule has 1 aromatic carbocycles. The third-order valence-corrected chi connectivity index (χ3v) is 2.09. The Kier molecular flexibility index (Phi) is 3.71. The van der Waals surface area contributed by atoms with Crippen LogP contribution in [0.4, 0.5) is 0 Å². The highest BCUT2D eigenvalue weighted by Gasteiger charge is 2.03. The predicted molar refractivity (Wildman–Crippen MR) is 55.9 cm³/mol. The fourth-order valence-electron chi connectivity index (χ4n) is 1.48. The van der Waals surface area contributed by atoms with Gasteiger partial charge in [-0.3, -0.25) is 0 Å². The summed E-state index contributed by atoms with van der Waals surface area (Å²) in [6.07, 6.45) is 3.94. The molecule has 1 radical (unpaired) electrons. The van der Waals surface area contributed by atoms with Crippen LogP contribution in [0.25, 0.3) is 6.08 Å². The molecule has 0 aromatic heterocycles. The fraction of sp³-hybridized carbons (Fsp3) is 0.250. The first-order valence-corrected chi connectivity index (χ1v) is 4.55. The smallest absolute Gasteiger partial charge is 0.110 e. The van der Waals surface area contributed by atoms with Gasteiger partial charge >= 0.3 is 0 Å². The van der Waals surface area contributed by atoms with Crippen LogP contribution in [0.5, 0.6) is 0 Å². The van der Waals surface area contributed by atoms with Crippen molar-refractivity contribution >= 4 is 6.08 Å². The summed E-state index contributed by atoms with van der Waals surface area (Å²) in [6, 6.07) is 5.92. The molecular weight excluding hydrogens is 160 g/mol. The van der Waals surface area contributed by atoms with Crippen LogP contribution in [0.15, 0.2) is 24.8 Å². The van der Waals surface area contributed by atoms with Gasteiger partial charge < -0.3 is 5.11 Å². The lowest BCUT2D eigenvalue weighted by Crippen LogP contribution is -1.93. The van der Waals surface area contributed by atoms with E-state index in [0.717, 1.165) is 30.6 Å². The molecule has 0 aliphatic heterocycles. The minimum absolute atomic E-state index is 0.848. The topological polar surface area (TPSA) is 20.2 Å². The molecule has 0 amide bonds. The maximum Gasteiger partial charge on any atom is 0.110 e. The SMILES string of the molecule is C=Cc1c([CH]O)cccc1CCC. The predicted octanol–water partition coefficient (Wildman–Crippen LogP) is 3.16. The van der Waals surface area contributed by atoms with E-state index in [1.54, 1.807) is 6.08 Å². The molecule has 0 aliphatic rings. The molecule has 0 bridgehead atoms. The van der Waals surface area contributed by atoms with Crippen LogP contribution in [0.1, 0.15) is 30.0 Å². The van der Waals surface area contributed by atoms with E-state index >= 15 is 0 Å². The number of rotatable bonds is 4. The molecule has 0 saturated carbocycles. The van der Waals surface area contributed by atoms with Crippen LogP contribution < -0.4 is 0 Å². The van der Waals surface area contributed by atoms with E-state index in [4.69, 9.17) is 5.11 Å². The molecule has 1 N–H and O–H groups in total. The van der Waals surface area contributed by atoms with Crippen molar-refractivity contribution in [1.29, 1.82) is 0 Å². The van der Waals surface area contributed by atoms with Gasteiger partial charge in [-0.05, 0) is 23.1 Å². The summed E-state index contributed by atoms with van der Waals surface area (Å²) in [7, 11) is 0. The third-order valence-electron chi connectivity index (χ3n) is 2.09. The lowest BCUT2D eigenvalue weighted by Gasteiger charge is -2.08. The minimum atomic E-state index is 0.848. The summed E-state index contributed by atoms with van der Waals surface area (Å²) in [5, 5.41) is 8.97. The molecule has 1 rings (SSSR count). The summed E-state index contributed by atoms with van der Waals surface area (Å²) >= 11 is 0. The van der Waals surface area contributed by atoms with E-state index in [0.29, 0.717) is 0 Å². The van der Waals surface area contributed by atoms with Gasteiger partial charge in [-0.1, -0.05) is 44.2 Å². The number of aryl methyl sites for hydroxylation is 1. The number of hydrogen-bond acceptors (Lipinski definition) is 1. The van der Waals surface area contributed by atoms with Crippen molar-refractivity contribution < 1.29 is 5.11 Å². The largest absolute Gasteiger partial charge is 0.385 e. The summed E-state index contributed by atoms with van der Waals surface area (Å²) in [6.45, 7) is 7.03. The Morgan fingerprint density at radius 3 is 2.77 bits per heavy atom. The second kappa shape index (κ2) is 4.83. The standard InChI is InChI=1S/C12H15O/c1-3-6-10-7-5-8-11(9-13)12(10)4-2/h4-5,7-9,13H,2-3,6H2,1H3. The highest BCUT2D eigenvalue weighted by Crippen LogP contribution is 2.18. The van der Waals surface area contributed by atoms with Gasteiger partial charge in [0.05, 0.1) is 0 Å². The molecule has 1 nitrogen and oxygen atoms in total. The van der Waals surface area contributed by atoms with Crippen molar-refractivity contribution in [3.8, 4) is 0 Å². The van der Waals surface area contributed by atoms with Crippen molar-refractivity contribution in [3.05, 3.63) is 48.1 Å². The average molecular weight is 175 g/mol. The van der Waals surface area contributed by atoms with Crippen molar-refractivity contribution in [2.24, 2.45) is 0 Å². The Balaban J connectivity index is 3.10. The van der Waals surface area contributed by atoms with Crippen molar-refractivity contribution in [3.63, 3.8) is 0 Å². The molecule has 0 heterocycles. The summed E-state index contributed by atoms with van der Waals surface area (Å²) in [5.74, 6) is 0. The van der Waals surface area contributed by atoms with Crippen molar-refractivity contribution in [1.82, 2.24) is 0 Å². The Morgan fingerprint density at radius 2 is 2.23 bits per heavy atom. The van der Waals surface area contributed by atoms with Crippen molar-refractivity contribution in [2.45, 2.75) is 19.8 Å². The summed E-state index contributed by atoms with van der Waals surface area (Å²) in [5.41, 5.74) is 3.15. The second-order valence-corrected chi connectivity index (χ2v) is 3.00. The molecule has 0 saturated heterocycles. The van der Waals surface area contributed by atoms with E-state index in [1.807, 2.05) is 12.1 Å². The zero-order valence-electron chi connectivity index (χ0n) is 7.96. The van der Waals surface area contributed by atoms with Gasteiger partial charge in [0, 0.05) is 0 Å². The Bertz CT molecular complexity index is 289. The van der Waals surface area contributed by atoms with E-state index in [1.165, 1.54) is 5.56 Å². The highest BCUT2D eigenvalue weighted by atomic mass is 16.3. The minimum Gasteiger partial charge on any atom is -0.385 e. The van der Waals surface area contributed by atoms with Crippen LogP contribution in [-0.2, 0) is 6.42 Å². The van der Waals surface area contributed by atoms with Crippen LogP contribution in [0, 0.1) is 6.61 Å². The lowest BCUT2D eigenvalue weighted by atomic mass is 9.98. The van der Waals surface area contributed by atoms with Gasteiger partial charge in [0.25, 0.3) is 0 Å². The lowest BCUT2D eigenvalue weighted by molar-refractivity contribution is 0.414. The number of hydrogen-bond donors (Lipinski definition) is 1. The van der Waals surface area contributed by atoms with Gasteiger partial charge in [0.1, 0.15) is 6.61 Å². The quantitative estimate of drug-likeness (QED) is 0.745. The molecule has 69 valence electrons. The molecule has 0 unspecified atom stereocenters. The second-order valence-electron chi connectivity index (χ2n) is 3.00.